The Morgan fingerprint density at radius 1 is 1.10 bits per heavy atom. The van der Waals surface area contributed by atoms with E-state index in [1.54, 1.807) is 25.1 Å². The minimum absolute atomic E-state index is 0.0518. The van der Waals surface area contributed by atoms with E-state index in [2.05, 4.69) is 15.3 Å². The molecule has 1 aromatic carbocycles. The van der Waals surface area contributed by atoms with Gasteiger partial charge in [-0.1, -0.05) is 24.3 Å². The van der Waals surface area contributed by atoms with Crippen molar-refractivity contribution in [3.63, 3.8) is 0 Å². The molecule has 8 heteroatoms. The average Bonchev–Trinajstić information content (AvgIpc) is 2.69. The molecule has 3 amide bonds. The first kappa shape index (κ1) is 20.3. The predicted octanol–water partition coefficient (Wildman–Crippen LogP) is 1.34. The number of fused-ring (bicyclic) bond motifs is 1. The predicted molar refractivity (Wildman–Crippen MR) is 110 cm³/mol. The van der Waals surface area contributed by atoms with Crippen LogP contribution in [-0.2, 0) is 20.8 Å². The number of nitrogens with zero attached hydrogens (tertiary/aromatic N) is 2. The van der Waals surface area contributed by atoms with Crippen molar-refractivity contribution >= 4 is 35.2 Å². The van der Waals surface area contributed by atoms with E-state index in [0.717, 1.165) is 16.7 Å². The van der Waals surface area contributed by atoms with Gasteiger partial charge < -0.3 is 15.8 Å². The number of rotatable bonds is 0. The zero-order valence-electron chi connectivity index (χ0n) is 16.5. The lowest BCUT2D eigenvalue weighted by Crippen LogP contribution is -2.49. The summed E-state index contributed by atoms with van der Waals surface area (Å²) in [6, 6.07) is 5.55. The molecule has 8 nitrogen and oxygen atoms in total. The van der Waals surface area contributed by atoms with E-state index in [-0.39, 0.29) is 24.5 Å². The molecule has 1 heterocycles. The van der Waals surface area contributed by atoms with Crippen molar-refractivity contribution in [2.45, 2.75) is 32.7 Å². The van der Waals surface area contributed by atoms with Gasteiger partial charge in [0.1, 0.15) is 29.3 Å². The molecule has 0 saturated carbocycles. The largest absolute Gasteiger partial charge is 0.489 e. The highest BCUT2D eigenvalue weighted by atomic mass is 16.5. The highest BCUT2D eigenvalue weighted by Crippen LogP contribution is 2.32. The fourth-order valence-electron chi connectivity index (χ4n) is 2.91. The van der Waals surface area contributed by atoms with Crippen molar-refractivity contribution in [3.05, 3.63) is 47.2 Å². The van der Waals surface area contributed by atoms with Crippen molar-refractivity contribution in [3.8, 4) is 5.75 Å². The number of hydrogen-bond donors (Lipinski definition) is 2. The molecule has 0 aromatic heterocycles. The Labute approximate surface area is 168 Å². The maximum Gasteiger partial charge on any atom is 0.291 e. The van der Waals surface area contributed by atoms with Gasteiger partial charge in [0.15, 0.2) is 0 Å². The third kappa shape index (κ3) is 4.38. The zero-order valence-corrected chi connectivity index (χ0v) is 16.5. The lowest BCUT2D eigenvalue weighted by molar-refractivity contribution is -0.121. The lowest BCUT2D eigenvalue weighted by Gasteiger charge is -2.28. The summed E-state index contributed by atoms with van der Waals surface area (Å²) < 4.78 is 5.90. The van der Waals surface area contributed by atoms with E-state index in [1.807, 2.05) is 12.1 Å². The van der Waals surface area contributed by atoms with E-state index >= 15 is 0 Å². The molecule has 0 radical (unpaired) electrons. The summed E-state index contributed by atoms with van der Waals surface area (Å²) in [5.41, 5.74) is 7.15. The van der Waals surface area contributed by atoms with Crippen LogP contribution in [0.5, 0.6) is 5.75 Å². The molecule has 3 rings (SSSR count). The molecule has 1 unspecified atom stereocenters. The maximum atomic E-state index is 12.8. The Morgan fingerprint density at radius 2 is 1.86 bits per heavy atom. The monoisotopic (exact) mass is 394 g/mol. The second-order valence-corrected chi connectivity index (χ2v) is 7.13. The Balaban J connectivity index is 2.07. The van der Waals surface area contributed by atoms with Gasteiger partial charge in [-0.3, -0.25) is 14.4 Å². The first-order valence-electron chi connectivity index (χ1n) is 9.08. The first-order chi connectivity index (χ1) is 13.7. The van der Waals surface area contributed by atoms with Crippen LogP contribution < -0.4 is 15.8 Å². The zero-order chi connectivity index (χ0) is 21.2. The Morgan fingerprint density at radius 3 is 2.62 bits per heavy atom. The molecular weight excluding hydrogens is 372 g/mol. The van der Waals surface area contributed by atoms with Crippen molar-refractivity contribution in [1.29, 1.82) is 0 Å². The molecule has 1 aromatic rings. The van der Waals surface area contributed by atoms with Crippen molar-refractivity contribution in [2.24, 2.45) is 15.7 Å². The van der Waals surface area contributed by atoms with Crippen LogP contribution in [0.25, 0.3) is 6.08 Å². The fourth-order valence-corrected chi connectivity index (χ4v) is 2.91. The maximum absolute atomic E-state index is 12.8. The summed E-state index contributed by atoms with van der Waals surface area (Å²) in [5, 5.41) is 2.57. The van der Waals surface area contributed by atoms with Crippen LogP contribution in [0.3, 0.4) is 0 Å². The molecule has 150 valence electrons. The molecule has 2 aliphatic rings. The van der Waals surface area contributed by atoms with Gasteiger partial charge in [-0.05, 0) is 38.0 Å². The molecule has 0 fully saturated rings. The average molecular weight is 394 g/mol. The third-order valence-corrected chi connectivity index (χ3v) is 4.68. The minimum Gasteiger partial charge on any atom is -0.489 e. The molecule has 1 aliphatic carbocycles. The quantitative estimate of drug-likeness (QED) is 0.687. The van der Waals surface area contributed by atoms with Crippen molar-refractivity contribution in [2.75, 3.05) is 6.61 Å². The number of hydrogen-bond acceptors (Lipinski definition) is 5. The van der Waals surface area contributed by atoms with Gasteiger partial charge in [0.2, 0.25) is 0 Å². The standard InChI is InChI=1S/C21H22N4O4/c1-12-10-23-18(26)13(2)24-19(27)14(3)25-20(28)21(22)8-7-15-5-4-6-17(29-11-12)16(15)9-21/h4-8,10H,9,11,22H2,1-3H3,(H,23,26)/b12-10+,24-13?,25-14?. The number of amides is 3. The Kier molecular flexibility index (Phi) is 5.56. The summed E-state index contributed by atoms with van der Waals surface area (Å²) in [6.07, 6.45) is 5.02. The van der Waals surface area contributed by atoms with Crippen molar-refractivity contribution in [1.82, 2.24) is 5.32 Å². The minimum atomic E-state index is -1.41. The third-order valence-electron chi connectivity index (χ3n) is 4.68. The van der Waals surface area contributed by atoms with Crippen LogP contribution in [0.2, 0.25) is 0 Å². The number of ether oxygens (including phenoxy) is 1. The molecule has 0 saturated heterocycles. The number of nitrogens with two attached hydrogens (primary N) is 1. The van der Waals surface area contributed by atoms with Gasteiger partial charge in [0.05, 0.1) is 0 Å². The molecule has 1 aliphatic heterocycles. The smallest absolute Gasteiger partial charge is 0.291 e. The number of carbonyl (C=O) groups excluding carboxylic acids is 3. The lowest BCUT2D eigenvalue weighted by atomic mass is 9.83. The highest BCUT2D eigenvalue weighted by Gasteiger charge is 2.36. The molecule has 2 bridgehead atoms. The van der Waals surface area contributed by atoms with E-state index in [4.69, 9.17) is 10.5 Å². The van der Waals surface area contributed by atoms with Gasteiger partial charge in [-0.15, -0.1) is 0 Å². The second-order valence-electron chi connectivity index (χ2n) is 7.13. The summed E-state index contributed by atoms with van der Waals surface area (Å²) in [7, 11) is 0. The van der Waals surface area contributed by atoms with Crippen LogP contribution in [0.1, 0.15) is 31.9 Å². The normalized spacial score (nSPS) is 24.7. The second kappa shape index (κ2) is 7.92. The Hall–Kier alpha value is -3.39. The van der Waals surface area contributed by atoms with E-state index in [9.17, 15) is 14.4 Å². The number of nitrogens with one attached hydrogen (secondary N) is 1. The Bertz CT molecular complexity index is 1020. The molecule has 29 heavy (non-hydrogen) atoms. The summed E-state index contributed by atoms with van der Waals surface area (Å²) >= 11 is 0. The first-order valence-corrected chi connectivity index (χ1v) is 9.08. The fraction of sp³-hybridized carbons (Fsp3) is 0.286. The molecule has 1 atom stereocenters. The van der Waals surface area contributed by atoms with Crippen LogP contribution in [0.15, 0.2) is 46.0 Å². The highest BCUT2D eigenvalue weighted by molar-refractivity contribution is 6.47. The van der Waals surface area contributed by atoms with Crippen LogP contribution in [0, 0.1) is 0 Å². The number of benzene rings is 1. The molecular formula is C21H22N4O4. The number of aliphatic imine (C=N–C) groups is 2. The molecule has 3 N–H and O–H groups in total. The number of carbonyl (C=O) groups is 3. The summed E-state index contributed by atoms with van der Waals surface area (Å²) in [5.74, 6) is -1.38. The van der Waals surface area contributed by atoms with E-state index < -0.39 is 23.3 Å². The van der Waals surface area contributed by atoms with E-state index in [0.29, 0.717) is 5.75 Å². The van der Waals surface area contributed by atoms with E-state index in [1.165, 1.54) is 20.0 Å². The van der Waals surface area contributed by atoms with Gasteiger partial charge >= 0.3 is 0 Å². The van der Waals surface area contributed by atoms with Gasteiger partial charge in [0.25, 0.3) is 17.7 Å². The topological polar surface area (TPSA) is 123 Å². The molecule has 0 spiro atoms. The SMILES string of the molecule is CC1=NC(=O)C2(N)C=Cc3cccc(c3C2)OC/C(C)=C/NC(=O)C(C)=NC1=O. The summed E-state index contributed by atoms with van der Waals surface area (Å²) in [6.45, 7) is 4.78. The summed E-state index contributed by atoms with van der Waals surface area (Å²) in [4.78, 5) is 44.7. The van der Waals surface area contributed by atoms with Gasteiger partial charge in [0, 0.05) is 18.2 Å². The van der Waals surface area contributed by atoms with Crippen LogP contribution >= 0.6 is 0 Å². The van der Waals surface area contributed by atoms with Crippen molar-refractivity contribution < 1.29 is 19.1 Å². The van der Waals surface area contributed by atoms with Crippen LogP contribution in [0.4, 0.5) is 0 Å². The van der Waals surface area contributed by atoms with Gasteiger partial charge in [-0.2, -0.15) is 0 Å². The van der Waals surface area contributed by atoms with Gasteiger partial charge in [-0.25, -0.2) is 9.98 Å². The van der Waals surface area contributed by atoms with Crippen LogP contribution in [-0.4, -0.2) is 41.3 Å².